The zero-order valence-corrected chi connectivity index (χ0v) is 10.6. The summed E-state index contributed by atoms with van der Waals surface area (Å²) in [5.74, 6) is 0.460. The van der Waals surface area contributed by atoms with Gasteiger partial charge >= 0.3 is 0 Å². The quantitative estimate of drug-likeness (QED) is 0.759. The highest BCUT2D eigenvalue weighted by Crippen LogP contribution is 2.18. The first-order chi connectivity index (χ1) is 7.54. The SMILES string of the molecule is COC(CN1CCC(C(N)=O)CC1)C(C)C. The van der Waals surface area contributed by atoms with E-state index in [0.717, 1.165) is 32.5 Å². The van der Waals surface area contributed by atoms with Gasteiger partial charge in [0.05, 0.1) is 6.10 Å². The second-order valence-electron chi connectivity index (χ2n) is 5.00. The van der Waals surface area contributed by atoms with Crippen LogP contribution in [0.4, 0.5) is 0 Å². The maximum Gasteiger partial charge on any atom is 0.220 e. The van der Waals surface area contributed by atoms with Gasteiger partial charge in [-0.3, -0.25) is 4.79 Å². The number of nitrogens with two attached hydrogens (primary N) is 1. The summed E-state index contributed by atoms with van der Waals surface area (Å²) in [6, 6.07) is 0. The minimum atomic E-state index is -0.146. The van der Waals surface area contributed by atoms with Crippen LogP contribution in [0.5, 0.6) is 0 Å². The van der Waals surface area contributed by atoms with Gasteiger partial charge in [0.2, 0.25) is 5.91 Å². The highest BCUT2D eigenvalue weighted by atomic mass is 16.5. The van der Waals surface area contributed by atoms with Crippen LogP contribution < -0.4 is 5.73 Å². The lowest BCUT2D eigenvalue weighted by Gasteiger charge is -2.33. The van der Waals surface area contributed by atoms with Gasteiger partial charge in [-0.15, -0.1) is 0 Å². The van der Waals surface area contributed by atoms with E-state index < -0.39 is 0 Å². The molecule has 2 N–H and O–H groups in total. The molecule has 16 heavy (non-hydrogen) atoms. The number of ether oxygens (including phenoxy) is 1. The topological polar surface area (TPSA) is 55.6 Å². The summed E-state index contributed by atoms with van der Waals surface area (Å²) in [6.07, 6.45) is 2.07. The number of likely N-dealkylation sites (tertiary alicyclic amines) is 1. The number of piperidine rings is 1. The molecule has 0 aliphatic carbocycles. The fraction of sp³-hybridized carbons (Fsp3) is 0.917. The Kier molecular flexibility index (Phi) is 5.22. The first-order valence-corrected chi connectivity index (χ1v) is 6.09. The molecule has 1 fully saturated rings. The van der Waals surface area contributed by atoms with Gasteiger partial charge in [0.1, 0.15) is 0 Å². The van der Waals surface area contributed by atoms with Gasteiger partial charge in [-0.25, -0.2) is 0 Å². The molecule has 0 spiro atoms. The van der Waals surface area contributed by atoms with E-state index in [9.17, 15) is 4.79 Å². The van der Waals surface area contributed by atoms with Crippen LogP contribution in [-0.2, 0) is 9.53 Å². The predicted octanol–water partition coefficient (Wildman–Crippen LogP) is 0.855. The largest absolute Gasteiger partial charge is 0.380 e. The first-order valence-electron chi connectivity index (χ1n) is 6.09. The van der Waals surface area contributed by atoms with E-state index in [0.29, 0.717) is 5.92 Å². The fourth-order valence-corrected chi connectivity index (χ4v) is 2.21. The highest BCUT2D eigenvalue weighted by molar-refractivity contribution is 5.76. The summed E-state index contributed by atoms with van der Waals surface area (Å²) in [5.41, 5.74) is 5.31. The summed E-state index contributed by atoms with van der Waals surface area (Å²) in [4.78, 5) is 13.4. The minimum absolute atomic E-state index is 0.0799. The maximum atomic E-state index is 11.0. The third kappa shape index (κ3) is 3.76. The van der Waals surface area contributed by atoms with Gasteiger partial charge < -0.3 is 15.4 Å². The molecule has 4 nitrogen and oxygen atoms in total. The van der Waals surface area contributed by atoms with Crippen LogP contribution in [0.25, 0.3) is 0 Å². The van der Waals surface area contributed by atoms with Crippen molar-refractivity contribution in [3.63, 3.8) is 0 Å². The number of rotatable bonds is 5. The molecular formula is C12H24N2O2. The normalized spacial score (nSPS) is 21.2. The molecule has 0 aromatic rings. The molecular weight excluding hydrogens is 204 g/mol. The van der Waals surface area contributed by atoms with Gasteiger partial charge in [0.15, 0.2) is 0 Å². The summed E-state index contributed by atoms with van der Waals surface area (Å²) in [6.45, 7) is 7.22. The zero-order chi connectivity index (χ0) is 12.1. The summed E-state index contributed by atoms with van der Waals surface area (Å²) in [7, 11) is 1.76. The standard InChI is InChI=1S/C12H24N2O2/c1-9(2)11(16-3)8-14-6-4-10(5-7-14)12(13)15/h9-11H,4-8H2,1-3H3,(H2,13,15). The Morgan fingerprint density at radius 1 is 1.44 bits per heavy atom. The molecule has 0 aromatic carbocycles. The van der Waals surface area contributed by atoms with Gasteiger partial charge in [-0.1, -0.05) is 13.8 Å². The number of primary amides is 1. The molecule has 1 aliphatic rings. The molecule has 1 unspecified atom stereocenters. The number of carbonyl (C=O) groups excluding carboxylic acids is 1. The van der Waals surface area contributed by atoms with Crippen molar-refractivity contribution in [3.05, 3.63) is 0 Å². The number of carbonyl (C=O) groups is 1. The molecule has 4 heteroatoms. The molecule has 1 heterocycles. The maximum absolute atomic E-state index is 11.0. The number of nitrogens with zero attached hydrogens (tertiary/aromatic N) is 1. The Morgan fingerprint density at radius 2 is 2.00 bits per heavy atom. The van der Waals surface area contributed by atoms with Crippen molar-refractivity contribution < 1.29 is 9.53 Å². The number of hydrogen-bond acceptors (Lipinski definition) is 3. The Balaban J connectivity index is 2.33. The van der Waals surface area contributed by atoms with E-state index in [2.05, 4.69) is 18.7 Å². The Labute approximate surface area is 98.1 Å². The molecule has 1 rings (SSSR count). The van der Waals surface area contributed by atoms with Crippen molar-refractivity contribution in [2.24, 2.45) is 17.6 Å². The average Bonchev–Trinajstić information content (AvgIpc) is 2.26. The molecule has 1 atom stereocenters. The van der Waals surface area contributed by atoms with Gasteiger partial charge in [-0.05, 0) is 31.8 Å². The van der Waals surface area contributed by atoms with E-state index in [4.69, 9.17) is 10.5 Å². The molecule has 0 radical (unpaired) electrons. The van der Waals surface area contributed by atoms with Crippen molar-refractivity contribution in [2.75, 3.05) is 26.7 Å². The van der Waals surface area contributed by atoms with Crippen LogP contribution in [-0.4, -0.2) is 43.7 Å². The molecule has 1 aliphatic heterocycles. The zero-order valence-electron chi connectivity index (χ0n) is 10.6. The first kappa shape index (κ1) is 13.5. The lowest BCUT2D eigenvalue weighted by Crippen LogP contribution is -2.43. The molecule has 1 amide bonds. The summed E-state index contributed by atoms with van der Waals surface area (Å²) < 4.78 is 5.46. The number of amides is 1. The Hall–Kier alpha value is -0.610. The predicted molar refractivity (Wildman–Crippen MR) is 64.0 cm³/mol. The highest BCUT2D eigenvalue weighted by Gasteiger charge is 2.25. The fourth-order valence-electron chi connectivity index (χ4n) is 2.21. The smallest absolute Gasteiger partial charge is 0.220 e. The van der Waals surface area contributed by atoms with Crippen molar-refractivity contribution in [1.82, 2.24) is 4.90 Å². The van der Waals surface area contributed by atoms with Crippen molar-refractivity contribution in [3.8, 4) is 0 Å². The van der Waals surface area contributed by atoms with E-state index in [1.165, 1.54) is 0 Å². The van der Waals surface area contributed by atoms with E-state index in [-0.39, 0.29) is 17.9 Å². The third-order valence-corrected chi connectivity index (χ3v) is 3.47. The van der Waals surface area contributed by atoms with Crippen molar-refractivity contribution in [1.29, 1.82) is 0 Å². The van der Waals surface area contributed by atoms with Crippen molar-refractivity contribution >= 4 is 5.91 Å². The minimum Gasteiger partial charge on any atom is -0.380 e. The van der Waals surface area contributed by atoms with Crippen LogP contribution >= 0.6 is 0 Å². The Morgan fingerprint density at radius 3 is 2.38 bits per heavy atom. The monoisotopic (exact) mass is 228 g/mol. The van der Waals surface area contributed by atoms with E-state index in [1.54, 1.807) is 7.11 Å². The van der Waals surface area contributed by atoms with E-state index in [1.807, 2.05) is 0 Å². The molecule has 94 valence electrons. The van der Waals surface area contributed by atoms with Gasteiger partial charge in [-0.2, -0.15) is 0 Å². The van der Waals surface area contributed by atoms with Crippen LogP contribution in [0.1, 0.15) is 26.7 Å². The second-order valence-corrected chi connectivity index (χ2v) is 5.00. The molecule has 0 aromatic heterocycles. The van der Waals surface area contributed by atoms with Crippen molar-refractivity contribution in [2.45, 2.75) is 32.8 Å². The molecule has 0 saturated carbocycles. The van der Waals surface area contributed by atoms with Gasteiger partial charge in [0, 0.05) is 19.6 Å². The lowest BCUT2D eigenvalue weighted by atomic mass is 9.95. The summed E-state index contributed by atoms with van der Waals surface area (Å²) in [5, 5.41) is 0. The van der Waals surface area contributed by atoms with Crippen LogP contribution in [0.3, 0.4) is 0 Å². The van der Waals surface area contributed by atoms with Gasteiger partial charge in [0.25, 0.3) is 0 Å². The van der Waals surface area contributed by atoms with E-state index >= 15 is 0 Å². The lowest BCUT2D eigenvalue weighted by molar-refractivity contribution is -0.123. The third-order valence-electron chi connectivity index (χ3n) is 3.47. The average molecular weight is 228 g/mol. The molecule has 1 saturated heterocycles. The molecule has 0 bridgehead atoms. The van der Waals surface area contributed by atoms with Crippen LogP contribution in [0.2, 0.25) is 0 Å². The van der Waals surface area contributed by atoms with Crippen LogP contribution in [0, 0.1) is 11.8 Å². The van der Waals surface area contributed by atoms with Crippen LogP contribution in [0.15, 0.2) is 0 Å². The number of hydrogen-bond donors (Lipinski definition) is 1. The number of methoxy groups -OCH3 is 1. The Bertz CT molecular complexity index is 223. The second kappa shape index (κ2) is 6.21. The summed E-state index contributed by atoms with van der Waals surface area (Å²) >= 11 is 0.